The molecule has 0 saturated heterocycles. The van der Waals surface area contributed by atoms with E-state index in [1.54, 1.807) is 0 Å². The van der Waals surface area contributed by atoms with Gasteiger partial charge in [-0.15, -0.1) is 10.2 Å². The minimum absolute atomic E-state index is 0.0171. The number of amides is 1. The summed E-state index contributed by atoms with van der Waals surface area (Å²) in [5.74, 6) is -0.457. The number of hydrogen-bond donors (Lipinski definition) is 1. The van der Waals surface area contributed by atoms with Crippen LogP contribution in [0.4, 0.5) is 4.39 Å². The molecular weight excluding hydrogens is 285 g/mol. The van der Waals surface area contributed by atoms with E-state index in [0.717, 1.165) is 0 Å². The standard InChI is InChI=1S/C13H13ClFN3O2/c1-7(2)13-18-17-10(20-13)6-16-12(19)11-8(14)4-3-5-9(11)15/h3-5,7H,6H2,1-2H3,(H,16,19). The summed E-state index contributed by atoms with van der Waals surface area (Å²) in [5, 5.41) is 10.2. The van der Waals surface area contributed by atoms with E-state index in [4.69, 9.17) is 16.0 Å². The van der Waals surface area contributed by atoms with Crippen molar-refractivity contribution in [1.29, 1.82) is 0 Å². The van der Waals surface area contributed by atoms with Crippen molar-refractivity contribution in [3.63, 3.8) is 0 Å². The highest BCUT2D eigenvalue weighted by atomic mass is 35.5. The molecule has 1 aromatic heterocycles. The number of benzene rings is 1. The van der Waals surface area contributed by atoms with Crippen LogP contribution in [0.1, 0.15) is 41.9 Å². The Bertz CT molecular complexity index is 608. The smallest absolute Gasteiger partial charge is 0.256 e. The summed E-state index contributed by atoms with van der Waals surface area (Å²) >= 11 is 5.80. The molecule has 0 atom stereocenters. The van der Waals surface area contributed by atoms with Crippen molar-refractivity contribution in [2.24, 2.45) is 0 Å². The summed E-state index contributed by atoms with van der Waals surface area (Å²) in [4.78, 5) is 11.9. The fourth-order valence-electron chi connectivity index (χ4n) is 1.53. The molecule has 1 aromatic carbocycles. The van der Waals surface area contributed by atoms with Crippen molar-refractivity contribution in [2.75, 3.05) is 0 Å². The van der Waals surface area contributed by atoms with Crippen LogP contribution in [0, 0.1) is 5.82 Å². The predicted molar refractivity (Wildman–Crippen MR) is 71.0 cm³/mol. The number of rotatable bonds is 4. The van der Waals surface area contributed by atoms with Crippen molar-refractivity contribution in [3.05, 3.63) is 46.4 Å². The number of nitrogens with zero attached hydrogens (tertiary/aromatic N) is 2. The van der Waals surface area contributed by atoms with Gasteiger partial charge < -0.3 is 9.73 Å². The van der Waals surface area contributed by atoms with E-state index in [9.17, 15) is 9.18 Å². The molecule has 0 radical (unpaired) electrons. The average molecular weight is 298 g/mol. The van der Waals surface area contributed by atoms with Gasteiger partial charge in [-0.1, -0.05) is 31.5 Å². The van der Waals surface area contributed by atoms with Gasteiger partial charge in [-0.2, -0.15) is 0 Å². The van der Waals surface area contributed by atoms with Gasteiger partial charge in [-0.25, -0.2) is 4.39 Å². The Balaban J connectivity index is 2.05. The summed E-state index contributed by atoms with van der Waals surface area (Å²) in [6.45, 7) is 3.84. The molecule has 0 aliphatic heterocycles. The van der Waals surface area contributed by atoms with Gasteiger partial charge in [-0.05, 0) is 12.1 Å². The monoisotopic (exact) mass is 297 g/mol. The fraction of sp³-hybridized carbons (Fsp3) is 0.308. The summed E-state index contributed by atoms with van der Waals surface area (Å²) < 4.78 is 18.9. The van der Waals surface area contributed by atoms with Gasteiger partial charge in [0.25, 0.3) is 5.91 Å². The molecular formula is C13H13ClFN3O2. The lowest BCUT2D eigenvalue weighted by Gasteiger charge is -2.05. The van der Waals surface area contributed by atoms with E-state index < -0.39 is 11.7 Å². The summed E-state index contributed by atoms with van der Waals surface area (Å²) in [6, 6.07) is 4.05. The van der Waals surface area contributed by atoms with Gasteiger partial charge in [-0.3, -0.25) is 4.79 Å². The summed E-state index contributed by atoms with van der Waals surface area (Å²) in [5.41, 5.74) is -0.197. The van der Waals surface area contributed by atoms with Crippen LogP contribution in [0.15, 0.2) is 22.6 Å². The summed E-state index contributed by atoms with van der Waals surface area (Å²) in [7, 11) is 0. The SMILES string of the molecule is CC(C)c1nnc(CNC(=O)c2c(F)cccc2Cl)o1. The molecule has 0 bridgehead atoms. The normalized spacial score (nSPS) is 10.8. The predicted octanol–water partition coefficient (Wildman–Crippen LogP) is 2.92. The van der Waals surface area contributed by atoms with Gasteiger partial charge in [0.05, 0.1) is 17.1 Å². The van der Waals surface area contributed by atoms with Crippen LogP contribution in [0.2, 0.25) is 5.02 Å². The number of halogens is 2. The number of carbonyl (C=O) groups is 1. The van der Waals surface area contributed by atoms with E-state index in [0.29, 0.717) is 5.89 Å². The van der Waals surface area contributed by atoms with Gasteiger partial charge >= 0.3 is 0 Å². The molecule has 0 spiro atoms. The third kappa shape index (κ3) is 3.14. The number of hydrogen-bond acceptors (Lipinski definition) is 4. The Hall–Kier alpha value is -1.95. The molecule has 0 saturated carbocycles. The molecule has 2 aromatic rings. The topological polar surface area (TPSA) is 68.0 Å². The maximum atomic E-state index is 13.5. The van der Waals surface area contributed by atoms with E-state index in [1.807, 2.05) is 13.8 Å². The third-order valence-corrected chi connectivity index (χ3v) is 2.88. The fourth-order valence-corrected chi connectivity index (χ4v) is 1.78. The first kappa shape index (κ1) is 14.5. The third-order valence-electron chi connectivity index (χ3n) is 2.57. The second-order valence-electron chi connectivity index (χ2n) is 4.47. The van der Waals surface area contributed by atoms with Crippen molar-refractivity contribution in [3.8, 4) is 0 Å². The van der Waals surface area contributed by atoms with E-state index >= 15 is 0 Å². The van der Waals surface area contributed by atoms with E-state index in [1.165, 1.54) is 18.2 Å². The molecule has 20 heavy (non-hydrogen) atoms. The van der Waals surface area contributed by atoms with Crippen LogP contribution in [0.25, 0.3) is 0 Å². The van der Waals surface area contributed by atoms with Crippen LogP contribution in [-0.2, 0) is 6.54 Å². The molecule has 1 amide bonds. The second kappa shape index (κ2) is 6.00. The van der Waals surface area contributed by atoms with Crippen molar-refractivity contribution in [1.82, 2.24) is 15.5 Å². The highest BCUT2D eigenvalue weighted by Gasteiger charge is 2.16. The lowest BCUT2D eigenvalue weighted by Crippen LogP contribution is -2.24. The maximum absolute atomic E-state index is 13.5. The molecule has 2 rings (SSSR count). The largest absolute Gasteiger partial charge is 0.423 e. The van der Waals surface area contributed by atoms with Gasteiger partial charge in [0.1, 0.15) is 5.82 Å². The quantitative estimate of drug-likeness (QED) is 0.942. The first-order chi connectivity index (χ1) is 9.49. The van der Waals surface area contributed by atoms with Gasteiger partial charge in [0.2, 0.25) is 11.8 Å². The Morgan fingerprint density at radius 3 is 2.80 bits per heavy atom. The molecule has 7 heteroatoms. The van der Waals surface area contributed by atoms with Crippen molar-refractivity contribution in [2.45, 2.75) is 26.3 Å². The molecule has 5 nitrogen and oxygen atoms in total. The average Bonchev–Trinajstić information content (AvgIpc) is 2.85. The number of aromatic nitrogens is 2. The Morgan fingerprint density at radius 1 is 1.45 bits per heavy atom. The Morgan fingerprint density at radius 2 is 2.20 bits per heavy atom. The van der Waals surface area contributed by atoms with Crippen LogP contribution >= 0.6 is 11.6 Å². The zero-order chi connectivity index (χ0) is 14.7. The first-order valence-electron chi connectivity index (χ1n) is 6.03. The van der Waals surface area contributed by atoms with Crippen molar-refractivity contribution < 1.29 is 13.6 Å². The molecule has 106 valence electrons. The van der Waals surface area contributed by atoms with Crippen LogP contribution in [0.5, 0.6) is 0 Å². The molecule has 1 heterocycles. The van der Waals surface area contributed by atoms with Crippen LogP contribution in [-0.4, -0.2) is 16.1 Å². The Kier molecular flexibility index (Phi) is 4.34. The lowest BCUT2D eigenvalue weighted by atomic mass is 10.2. The minimum Gasteiger partial charge on any atom is -0.423 e. The highest BCUT2D eigenvalue weighted by Crippen LogP contribution is 2.19. The summed E-state index contributed by atoms with van der Waals surface area (Å²) in [6.07, 6.45) is 0. The Labute approximate surface area is 120 Å². The molecule has 0 unspecified atom stereocenters. The van der Waals surface area contributed by atoms with Crippen LogP contribution in [0.3, 0.4) is 0 Å². The van der Waals surface area contributed by atoms with Gasteiger partial charge in [0, 0.05) is 5.92 Å². The lowest BCUT2D eigenvalue weighted by molar-refractivity contribution is 0.0943. The second-order valence-corrected chi connectivity index (χ2v) is 4.88. The van der Waals surface area contributed by atoms with E-state index in [2.05, 4.69) is 15.5 Å². The maximum Gasteiger partial charge on any atom is 0.256 e. The zero-order valence-electron chi connectivity index (χ0n) is 11.0. The zero-order valence-corrected chi connectivity index (χ0v) is 11.7. The van der Waals surface area contributed by atoms with Crippen LogP contribution < -0.4 is 5.32 Å². The number of nitrogens with one attached hydrogen (secondary N) is 1. The highest BCUT2D eigenvalue weighted by molar-refractivity contribution is 6.33. The van der Waals surface area contributed by atoms with Crippen molar-refractivity contribution >= 4 is 17.5 Å². The van der Waals surface area contributed by atoms with Gasteiger partial charge in [0.15, 0.2) is 0 Å². The molecule has 0 fully saturated rings. The van der Waals surface area contributed by atoms with E-state index in [-0.39, 0.29) is 28.9 Å². The first-order valence-corrected chi connectivity index (χ1v) is 6.41. The minimum atomic E-state index is -0.677. The molecule has 0 aliphatic rings. The molecule has 0 aliphatic carbocycles. The number of carbonyl (C=O) groups excluding carboxylic acids is 1. The molecule has 1 N–H and O–H groups in total.